The fraction of sp³-hybridized carbons (Fsp3) is 0.350. The van der Waals surface area contributed by atoms with Gasteiger partial charge in [-0.1, -0.05) is 30.3 Å². The largest absolute Gasteiger partial charge is 0.399 e. The lowest BCUT2D eigenvalue weighted by molar-refractivity contribution is 0.0951. The van der Waals surface area contributed by atoms with Gasteiger partial charge >= 0.3 is 0 Å². The average Bonchev–Trinajstić information content (AvgIpc) is 2.63. The normalized spacial score (nSPS) is 14.2. The Labute approximate surface area is 185 Å². The lowest BCUT2D eigenvalue weighted by Crippen LogP contribution is -2.43. The summed E-state index contributed by atoms with van der Waals surface area (Å²) in [5, 5.41) is 2.94. The highest BCUT2D eigenvalue weighted by molar-refractivity contribution is 5.94. The van der Waals surface area contributed by atoms with E-state index in [0.29, 0.717) is 17.8 Å². The van der Waals surface area contributed by atoms with Gasteiger partial charge in [-0.05, 0) is 36.4 Å². The van der Waals surface area contributed by atoms with Crippen molar-refractivity contribution in [1.82, 2.24) is 15.1 Å². The van der Waals surface area contributed by atoms with E-state index in [-0.39, 0.29) is 43.1 Å². The van der Waals surface area contributed by atoms with E-state index in [4.69, 9.17) is 5.73 Å². The average molecular weight is 448 g/mol. The molecule has 1 amide bonds. The predicted molar refractivity (Wildman–Crippen MR) is 123 cm³/mol. The minimum atomic E-state index is -0.103. The fourth-order valence-corrected chi connectivity index (χ4v) is 2.99. The number of hydrogen-bond donors (Lipinski definition) is 2. The van der Waals surface area contributed by atoms with Gasteiger partial charge in [0, 0.05) is 50.5 Å². The Bertz CT molecular complexity index is 720. The maximum atomic E-state index is 12.1. The van der Waals surface area contributed by atoms with Crippen molar-refractivity contribution in [2.45, 2.75) is 13.1 Å². The van der Waals surface area contributed by atoms with Crippen LogP contribution in [0.25, 0.3) is 0 Å². The number of piperazine rings is 1. The summed E-state index contributed by atoms with van der Waals surface area (Å²) in [5.41, 5.74) is 9.32. The molecule has 3 rings (SSSR count). The number of carbonyl (C=O) groups is 1. The molecule has 0 unspecified atom stereocenters. The third-order valence-corrected chi connectivity index (χ3v) is 4.63. The standard InChI is InChI=1S/C20H26N4O.3ClH/c1-23-9-11-24(12-10-23)15-17-7-5-16(6-8-17)14-22-20(25)18-3-2-4-19(21)13-18;;;/h2-8,13H,9-12,14-15,21H2,1H3,(H,22,25);3*1H. The van der Waals surface area contributed by atoms with Crippen LogP contribution in [0, 0.1) is 0 Å². The highest BCUT2D eigenvalue weighted by Crippen LogP contribution is 2.11. The summed E-state index contributed by atoms with van der Waals surface area (Å²) in [6, 6.07) is 15.5. The number of benzene rings is 2. The first-order valence-electron chi connectivity index (χ1n) is 8.72. The minimum Gasteiger partial charge on any atom is -0.399 e. The monoisotopic (exact) mass is 446 g/mol. The third-order valence-electron chi connectivity index (χ3n) is 4.63. The number of nitrogens with zero attached hydrogens (tertiary/aromatic N) is 2. The van der Waals surface area contributed by atoms with E-state index in [2.05, 4.69) is 46.4 Å². The van der Waals surface area contributed by atoms with Crippen molar-refractivity contribution in [3.05, 3.63) is 65.2 Å². The molecular formula is C20H29Cl3N4O. The summed E-state index contributed by atoms with van der Waals surface area (Å²) in [6.07, 6.45) is 0. The van der Waals surface area contributed by atoms with Crippen LogP contribution in [0.1, 0.15) is 21.5 Å². The van der Waals surface area contributed by atoms with E-state index in [1.807, 2.05) is 0 Å². The van der Waals surface area contributed by atoms with Crippen molar-refractivity contribution in [3.8, 4) is 0 Å². The lowest BCUT2D eigenvalue weighted by atomic mass is 10.1. The molecule has 0 radical (unpaired) electrons. The van der Waals surface area contributed by atoms with E-state index < -0.39 is 0 Å². The fourth-order valence-electron chi connectivity index (χ4n) is 2.99. The van der Waals surface area contributed by atoms with Crippen LogP contribution >= 0.6 is 37.2 Å². The molecule has 1 aliphatic rings. The zero-order valence-corrected chi connectivity index (χ0v) is 18.4. The van der Waals surface area contributed by atoms with Gasteiger partial charge in [0.2, 0.25) is 0 Å². The van der Waals surface area contributed by atoms with Gasteiger partial charge in [-0.3, -0.25) is 9.69 Å². The topological polar surface area (TPSA) is 61.6 Å². The molecule has 0 atom stereocenters. The molecule has 0 bridgehead atoms. The van der Waals surface area contributed by atoms with E-state index in [1.54, 1.807) is 24.3 Å². The van der Waals surface area contributed by atoms with Crippen molar-refractivity contribution in [1.29, 1.82) is 0 Å². The zero-order valence-electron chi connectivity index (χ0n) is 16.0. The molecule has 1 heterocycles. The van der Waals surface area contributed by atoms with Crippen LogP contribution in [0.5, 0.6) is 0 Å². The number of nitrogens with two attached hydrogens (primary N) is 1. The van der Waals surface area contributed by atoms with Gasteiger partial charge < -0.3 is 16.0 Å². The number of nitrogens with one attached hydrogen (secondary N) is 1. The van der Waals surface area contributed by atoms with Crippen molar-refractivity contribution >= 4 is 48.8 Å². The van der Waals surface area contributed by atoms with Crippen LogP contribution < -0.4 is 11.1 Å². The number of carbonyl (C=O) groups excluding carboxylic acids is 1. The smallest absolute Gasteiger partial charge is 0.251 e. The Morgan fingerprint density at radius 1 is 0.964 bits per heavy atom. The second kappa shape index (κ2) is 12.9. The number of halogens is 3. The molecule has 2 aromatic carbocycles. The Morgan fingerprint density at radius 3 is 2.18 bits per heavy atom. The van der Waals surface area contributed by atoms with Crippen LogP contribution in [0.3, 0.4) is 0 Å². The van der Waals surface area contributed by atoms with Crippen molar-refractivity contribution < 1.29 is 4.79 Å². The summed E-state index contributed by atoms with van der Waals surface area (Å²) < 4.78 is 0. The molecule has 3 N–H and O–H groups in total. The number of hydrogen-bond acceptors (Lipinski definition) is 4. The molecule has 0 aliphatic carbocycles. The maximum absolute atomic E-state index is 12.1. The lowest BCUT2D eigenvalue weighted by Gasteiger charge is -2.32. The molecule has 0 saturated carbocycles. The van der Waals surface area contributed by atoms with Crippen LogP contribution in [-0.4, -0.2) is 48.9 Å². The van der Waals surface area contributed by atoms with Crippen LogP contribution in [0.2, 0.25) is 0 Å². The summed E-state index contributed by atoms with van der Waals surface area (Å²) >= 11 is 0. The first kappa shape index (κ1) is 26.5. The predicted octanol–water partition coefficient (Wildman–Crippen LogP) is 3.21. The van der Waals surface area contributed by atoms with E-state index in [1.165, 1.54) is 5.56 Å². The Hall–Kier alpha value is -1.50. The second-order valence-corrected chi connectivity index (χ2v) is 6.70. The van der Waals surface area contributed by atoms with Gasteiger partial charge in [0.15, 0.2) is 0 Å². The highest BCUT2D eigenvalue weighted by Gasteiger charge is 2.13. The number of amides is 1. The molecule has 1 aliphatic heterocycles. The van der Waals surface area contributed by atoms with Crippen LogP contribution in [-0.2, 0) is 13.1 Å². The van der Waals surface area contributed by atoms with Crippen LogP contribution in [0.4, 0.5) is 5.69 Å². The maximum Gasteiger partial charge on any atom is 0.251 e. The summed E-state index contributed by atoms with van der Waals surface area (Å²) in [5.74, 6) is -0.103. The van der Waals surface area contributed by atoms with Gasteiger partial charge in [-0.25, -0.2) is 0 Å². The SMILES string of the molecule is CN1CCN(Cc2ccc(CNC(=O)c3cccc(N)c3)cc2)CC1.Cl.Cl.Cl. The molecule has 8 heteroatoms. The molecule has 2 aromatic rings. The first-order chi connectivity index (χ1) is 12.1. The Kier molecular flexibility index (Phi) is 12.2. The van der Waals surface area contributed by atoms with Gasteiger partial charge in [0.25, 0.3) is 5.91 Å². The number of anilines is 1. The Morgan fingerprint density at radius 2 is 1.57 bits per heavy atom. The van der Waals surface area contributed by atoms with E-state index in [0.717, 1.165) is 38.3 Å². The Balaban J connectivity index is 0.00000243. The highest BCUT2D eigenvalue weighted by atomic mass is 35.5. The minimum absolute atomic E-state index is 0. The van der Waals surface area contributed by atoms with Crippen LogP contribution in [0.15, 0.2) is 48.5 Å². The first-order valence-corrected chi connectivity index (χ1v) is 8.72. The molecule has 0 aromatic heterocycles. The second-order valence-electron chi connectivity index (χ2n) is 6.70. The van der Waals surface area contributed by atoms with Gasteiger partial charge in [0.05, 0.1) is 0 Å². The van der Waals surface area contributed by atoms with Gasteiger partial charge in [0.1, 0.15) is 0 Å². The molecule has 5 nitrogen and oxygen atoms in total. The number of nitrogen functional groups attached to an aromatic ring is 1. The van der Waals surface area contributed by atoms with Crippen molar-refractivity contribution in [2.24, 2.45) is 0 Å². The van der Waals surface area contributed by atoms with Gasteiger partial charge in [-0.2, -0.15) is 0 Å². The van der Waals surface area contributed by atoms with Crippen molar-refractivity contribution in [3.63, 3.8) is 0 Å². The molecule has 1 saturated heterocycles. The molecular weight excluding hydrogens is 419 g/mol. The zero-order chi connectivity index (χ0) is 17.6. The number of rotatable bonds is 5. The third kappa shape index (κ3) is 7.86. The number of likely N-dealkylation sites (N-methyl/N-ethyl adjacent to an activating group) is 1. The van der Waals surface area contributed by atoms with E-state index in [9.17, 15) is 4.79 Å². The molecule has 0 spiro atoms. The molecule has 156 valence electrons. The summed E-state index contributed by atoms with van der Waals surface area (Å²) in [6.45, 7) is 6.01. The summed E-state index contributed by atoms with van der Waals surface area (Å²) in [4.78, 5) is 17.0. The van der Waals surface area contributed by atoms with E-state index >= 15 is 0 Å². The molecule has 28 heavy (non-hydrogen) atoms. The van der Waals surface area contributed by atoms with Gasteiger partial charge in [-0.15, -0.1) is 37.2 Å². The molecule has 1 fully saturated rings. The van der Waals surface area contributed by atoms with Crippen molar-refractivity contribution in [2.75, 3.05) is 39.0 Å². The summed E-state index contributed by atoms with van der Waals surface area (Å²) in [7, 11) is 2.17. The quantitative estimate of drug-likeness (QED) is 0.691.